The fourth-order valence-corrected chi connectivity index (χ4v) is 4.31. The molecule has 0 saturated heterocycles. The van der Waals surface area contributed by atoms with Crippen LogP contribution in [0.25, 0.3) is 0 Å². The van der Waals surface area contributed by atoms with Gasteiger partial charge in [0.2, 0.25) is 0 Å². The van der Waals surface area contributed by atoms with Gasteiger partial charge >= 0.3 is 10.2 Å². The topological polar surface area (TPSA) is 73.5 Å². The summed E-state index contributed by atoms with van der Waals surface area (Å²) in [5, 5.41) is 5.58. The van der Waals surface area contributed by atoms with Crippen LogP contribution in [-0.2, 0) is 10.2 Å². The van der Waals surface area contributed by atoms with E-state index < -0.39 is 33.3 Å². The summed E-state index contributed by atoms with van der Waals surface area (Å²) in [6.07, 6.45) is 0. The first-order valence-electron chi connectivity index (χ1n) is 9.26. The normalized spacial score (nSPS) is 11.9. The highest BCUT2D eigenvalue weighted by Crippen LogP contribution is 2.32. The van der Waals surface area contributed by atoms with Crippen LogP contribution < -0.4 is 15.4 Å². The van der Waals surface area contributed by atoms with E-state index in [9.17, 15) is 21.6 Å². The molecule has 3 N–H and O–H groups in total. The van der Waals surface area contributed by atoms with Crippen molar-refractivity contribution in [3.63, 3.8) is 0 Å². The molecule has 0 fully saturated rings. The van der Waals surface area contributed by atoms with Gasteiger partial charge < -0.3 is 10.6 Å². The van der Waals surface area contributed by atoms with E-state index in [0.29, 0.717) is 10.1 Å². The fourth-order valence-electron chi connectivity index (χ4n) is 2.61. The Morgan fingerprint density at radius 2 is 1.73 bits per heavy atom. The summed E-state index contributed by atoms with van der Waals surface area (Å²) in [6, 6.07) is 6.22. The fraction of sp³-hybridized carbons (Fsp3) is 0.368. The van der Waals surface area contributed by atoms with Crippen LogP contribution in [0.2, 0.25) is 0 Å². The number of nitrogens with zero attached hydrogens (tertiary/aromatic N) is 1. The van der Waals surface area contributed by atoms with Crippen molar-refractivity contribution < 1.29 is 21.6 Å². The molecule has 166 valence electrons. The van der Waals surface area contributed by atoms with Crippen molar-refractivity contribution in [1.82, 2.24) is 9.62 Å². The molecule has 6 nitrogen and oxygen atoms in total. The Bertz CT molecular complexity index is 990. The van der Waals surface area contributed by atoms with Gasteiger partial charge in [-0.1, -0.05) is 20.8 Å². The molecule has 0 unspecified atom stereocenters. The average Bonchev–Trinajstić information content (AvgIpc) is 2.66. The molecule has 0 radical (unpaired) electrons. The van der Waals surface area contributed by atoms with Crippen molar-refractivity contribution in [3.05, 3.63) is 51.4 Å². The quantitative estimate of drug-likeness (QED) is 0.379. The minimum absolute atomic E-state index is 0.117. The van der Waals surface area contributed by atoms with Crippen molar-refractivity contribution in [2.75, 3.05) is 29.7 Å². The molecule has 0 bridgehead atoms. The van der Waals surface area contributed by atoms with E-state index in [1.54, 1.807) is 13.0 Å². The number of hydrogen-bond donors (Lipinski definition) is 3. The van der Waals surface area contributed by atoms with Gasteiger partial charge in [0.25, 0.3) is 0 Å². The summed E-state index contributed by atoms with van der Waals surface area (Å²) >= 11 is 1.91. The molecular weight excluding hydrogens is 532 g/mol. The molecule has 0 heterocycles. The van der Waals surface area contributed by atoms with Gasteiger partial charge in [0.15, 0.2) is 11.6 Å². The Morgan fingerprint density at radius 3 is 2.33 bits per heavy atom. The van der Waals surface area contributed by atoms with E-state index in [1.807, 2.05) is 36.4 Å². The highest BCUT2D eigenvalue weighted by Gasteiger charge is 2.24. The molecule has 0 aliphatic carbocycles. The number of nitrogens with one attached hydrogen (secondary N) is 3. The average molecular weight is 556 g/mol. The van der Waals surface area contributed by atoms with Crippen LogP contribution in [0.5, 0.6) is 0 Å². The van der Waals surface area contributed by atoms with E-state index in [2.05, 4.69) is 15.4 Å². The number of anilines is 3. The van der Waals surface area contributed by atoms with Crippen molar-refractivity contribution in [1.29, 1.82) is 0 Å². The first kappa shape index (κ1) is 24.7. The van der Waals surface area contributed by atoms with E-state index in [-0.39, 0.29) is 30.5 Å². The van der Waals surface area contributed by atoms with Gasteiger partial charge in [-0.15, -0.1) is 0 Å². The van der Waals surface area contributed by atoms with Crippen LogP contribution in [0.4, 0.5) is 30.2 Å². The molecule has 2 aromatic carbocycles. The highest BCUT2D eigenvalue weighted by molar-refractivity contribution is 14.1. The number of halogens is 4. The van der Waals surface area contributed by atoms with Crippen LogP contribution in [0.15, 0.2) is 30.3 Å². The van der Waals surface area contributed by atoms with E-state index in [1.165, 1.54) is 16.4 Å². The van der Waals surface area contributed by atoms with Crippen molar-refractivity contribution in [2.24, 2.45) is 0 Å². The standard InChI is InChI=1S/C19H24F3IN4O2S/c1-4-27(10-9-24-12(2)3)30(28,29)26-17-8-6-14(20)18(22)19(17)25-16-7-5-13(23)11-15(16)21/h5-8,11-12,24-26H,4,9-10H2,1-3H3. The molecule has 0 amide bonds. The molecule has 11 heteroatoms. The monoisotopic (exact) mass is 556 g/mol. The van der Waals surface area contributed by atoms with Crippen LogP contribution in [0, 0.1) is 21.0 Å². The minimum atomic E-state index is -4.07. The molecule has 0 aromatic heterocycles. The Hall–Kier alpha value is -1.57. The third kappa shape index (κ3) is 6.46. The maximum absolute atomic E-state index is 14.5. The summed E-state index contributed by atoms with van der Waals surface area (Å²) in [6.45, 7) is 6.32. The van der Waals surface area contributed by atoms with Gasteiger partial charge in [0.05, 0.1) is 11.4 Å². The Morgan fingerprint density at radius 1 is 1.07 bits per heavy atom. The smallest absolute Gasteiger partial charge is 0.301 e. The number of likely N-dealkylation sites (N-methyl/N-ethyl adjacent to an activating group) is 1. The molecule has 2 aromatic rings. The summed E-state index contributed by atoms with van der Waals surface area (Å²) in [5.41, 5.74) is -0.856. The largest absolute Gasteiger partial charge is 0.349 e. The molecule has 0 aliphatic heterocycles. The van der Waals surface area contributed by atoms with Crippen molar-refractivity contribution >= 4 is 49.9 Å². The zero-order valence-electron chi connectivity index (χ0n) is 16.8. The van der Waals surface area contributed by atoms with Gasteiger partial charge in [0, 0.05) is 29.2 Å². The van der Waals surface area contributed by atoms with Gasteiger partial charge in [-0.05, 0) is 52.9 Å². The number of hydrogen-bond acceptors (Lipinski definition) is 4. The molecule has 0 atom stereocenters. The molecule has 0 aliphatic rings. The maximum atomic E-state index is 14.5. The van der Waals surface area contributed by atoms with Gasteiger partial charge in [-0.3, -0.25) is 4.72 Å². The SMILES string of the molecule is CCN(CCNC(C)C)S(=O)(=O)Nc1ccc(F)c(F)c1Nc1ccc(I)cc1F. The second-order valence-corrected chi connectivity index (χ2v) is 9.66. The Labute approximate surface area is 188 Å². The lowest BCUT2D eigenvalue weighted by molar-refractivity contribution is 0.414. The minimum Gasteiger partial charge on any atom is -0.349 e. The summed E-state index contributed by atoms with van der Waals surface area (Å²) in [7, 11) is -4.07. The lowest BCUT2D eigenvalue weighted by Crippen LogP contribution is -2.41. The summed E-state index contributed by atoms with van der Waals surface area (Å²) in [5.74, 6) is -3.20. The highest BCUT2D eigenvalue weighted by atomic mass is 127. The van der Waals surface area contributed by atoms with Crippen molar-refractivity contribution in [2.45, 2.75) is 26.8 Å². The molecular formula is C19H24F3IN4O2S. The second kappa shape index (κ2) is 10.6. The first-order valence-corrected chi connectivity index (χ1v) is 11.8. The van der Waals surface area contributed by atoms with Gasteiger partial charge in [-0.25, -0.2) is 13.2 Å². The number of benzene rings is 2. The Balaban J connectivity index is 2.33. The zero-order valence-corrected chi connectivity index (χ0v) is 19.7. The molecule has 2 rings (SSSR count). The zero-order chi connectivity index (χ0) is 22.5. The maximum Gasteiger partial charge on any atom is 0.301 e. The molecule has 0 spiro atoms. The van der Waals surface area contributed by atoms with Crippen LogP contribution in [0.1, 0.15) is 20.8 Å². The Kier molecular flexibility index (Phi) is 8.76. The van der Waals surface area contributed by atoms with E-state index >= 15 is 0 Å². The molecule has 0 saturated carbocycles. The van der Waals surface area contributed by atoms with Crippen LogP contribution in [0.3, 0.4) is 0 Å². The van der Waals surface area contributed by atoms with E-state index in [4.69, 9.17) is 0 Å². The second-order valence-electron chi connectivity index (χ2n) is 6.74. The summed E-state index contributed by atoms with van der Waals surface area (Å²) in [4.78, 5) is 0. The predicted octanol–water partition coefficient (Wildman–Crippen LogP) is 4.43. The van der Waals surface area contributed by atoms with Gasteiger partial charge in [0.1, 0.15) is 11.5 Å². The third-order valence-corrected chi connectivity index (χ3v) is 6.40. The lowest BCUT2D eigenvalue weighted by Gasteiger charge is -2.23. The molecule has 30 heavy (non-hydrogen) atoms. The third-order valence-electron chi connectivity index (χ3n) is 4.13. The predicted molar refractivity (Wildman–Crippen MR) is 122 cm³/mol. The summed E-state index contributed by atoms with van der Waals surface area (Å²) < 4.78 is 72.1. The lowest BCUT2D eigenvalue weighted by atomic mass is 10.2. The van der Waals surface area contributed by atoms with Crippen molar-refractivity contribution in [3.8, 4) is 0 Å². The van der Waals surface area contributed by atoms with Crippen LogP contribution >= 0.6 is 22.6 Å². The van der Waals surface area contributed by atoms with Gasteiger partial charge in [-0.2, -0.15) is 12.7 Å². The van der Waals surface area contributed by atoms with E-state index in [0.717, 1.165) is 12.1 Å². The first-order chi connectivity index (χ1) is 14.0. The number of rotatable bonds is 10. The van der Waals surface area contributed by atoms with Crippen LogP contribution in [-0.4, -0.2) is 38.4 Å².